The van der Waals surface area contributed by atoms with Crippen molar-refractivity contribution in [1.82, 2.24) is 10.2 Å². The Hall–Kier alpha value is -1.61. The molecule has 1 aliphatic heterocycles. The molecule has 2 fully saturated rings. The fourth-order valence-electron chi connectivity index (χ4n) is 4.11. The summed E-state index contributed by atoms with van der Waals surface area (Å²) in [6.07, 6.45) is 4.90. The molecule has 2 aliphatic rings. The zero-order chi connectivity index (χ0) is 18.0. The van der Waals surface area contributed by atoms with Crippen LogP contribution in [0.3, 0.4) is 0 Å². The molecule has 0 aromatic heterocycles. The predicted octanol–water partition coefficient (Wildman–Crippen LogP) is 4.14. The minimum atomic E-state index is 0.0843. The molecule has 1 amide bonds. The number of hydrogen-bond donors (Lipinski definition) is 1. The standard InChI is InChI=1S/C22H32N2O/c1-16(2)13-19-20(22(19,3)4)21(25)23-14-17-7-9-18(10-8-17)15-24-11-5-6-12-24/h7-10,13,19-20H,5-6,11-12,14-15H2,1-4H3,(H,23,25)/t19-,20+/m1/s1. The maximum atomic E-state index is 12.5. The molecule has 25 heavy (non-hydrogen) atoms. The van der Waals surface area contributed by atoms with E-state index < -0.39 is 0 Å². The van der Waals surface area contributed by atoms with Crippen LogP contribution in [0.25, 0.3) is 0 Å². The Balaban J connectivity index is 1.50. The lowest BCUT2D eigenvalue weighted by Gasteiger charge is -2.14. The molecule has 0 radical (unpaired) electrons. The van der Waals surface area contributed by atoms with E-state index in [0.717, 1.165) is 6.54 Å². The minimum absolute atomic E-state index is 0.0843. The Morgan fingerprint density at radius 3 is 2.36 bits per heavy atom. The molecule has 0 unspecified atom stereocenters. The van der Waals surface area contributed by atoms with Crippen molar-refractivity contribution < 1.29 is 4.79 Å². The van der Waals surface area contributed by atoms with E-state index in [1.807, 2.05) is 0 Å². The third-order valence-corrected chi connectivity index (χ3v) is 5.80. The summed E-state index contributed by atoms with van der Waals surface area (Å²) in [5.74, 6) is 0.672. The van der Waals surface area contributed by atoms with Gasteiger partial charge in [-0.2, -0.15) is 0 Å². The average Bonchev–Trinajstić information content (AvgIpc) is 2.91. The Morgan fingerprint density at radius 2 is 1.76 bits per heavy atom. The number of hydrogen-bond acceptors (Lipinski definition) is 2. The van der Waals surface area contributed by atoms with Crippen LogP contribution in [0.4, 0.5) is 0 Å². The van der Waals surface area contributed by atoms with E-state index in [-0.39, 0.29) is 17.2 Å². The van der Waals surface area contributed by atoms with Crippen LogP contribution >= 0.6 is 0 Å². The summed E-state index contributed by atoms with van der Waals surface area (Å²) < 4.78 is 0. The maximum absolute atomic E-state index is 12.5. The molecule has 1 saturated heterocycles. The van der Waals surface area contributed by atoms with Crippen molar-refractivity contribution in [3.05, 3.63) is 47.0 Å². The van der Waals surface area contributed by atoms with Crippen molar-refractivity contribution in [3.8, 4) is 0 Å². The van der Waals surface area contributed by atoms with E-state index in [1.54, 1.807) is 0 Å². The lowest BCUT2D eigenvalue weighted by atomic mass is 10.1. The monoisotopic (exact) mass is 340 g/mol. The number of allylic oxidation sites excluding steroid dienone is 2. The van der Waals surface area contributed by atoms with Crippen molar-refractivity contribution in [2.75, 3.05) is 13.1 Å². The predicted molar refractivity (Wildman–Crippen MR) is 103 cm³/mol. The van der Waals surface area contributed by atoms with Crippen LogP contribution in [0.15, 0.2) is 35.9 Å². The van der Waals surface area contributed by atoms with Gasteiger partial charge in [-0.3, -0.25) is 9.69 Å². The number of nitrogens with zero attached hydrogens (tertiary/aromatic N) is 1. The second kappa shape index (κ2) is 7.33. The van der Waals surface area contributed by atoms with Gasteiger partial charge in [0.05, 0.1) is 5.92 Å². The van der Waals surface area contributed by atoms with Crippen LogP contribution in [0.2, 0.25) is 0 Å². The molecular formula is C22H32N2O. The van der Waals surface area contributed by atoms with Crippen LogP contribution in [0.1, 0.15) is 51.7 Å². The molecule has 1 aromatic rings. The van der Waals surface area contributed by atoms with E-state index in [4.69, 9.17) is 0 Å². The quantitative estimate of drug-likeness (QED) is 0.790. The Bertz CT molecular complexity index is 634. The van der Waals surface area contributed by atoms with Crippen LogP contribution < -0.4 is 5.32 Å². The highest BCUT2D eigenvalue weighted by atomic mass is 16.2. The number of nitrogens with one attached hydrogen (secondary N) is 1. The molecule has 1 saturated carbocycles. The molecule has 0 bridgehead atoms. The maximum Gasteiger partial charge on any atom is 0.224 e. The van der Waals surface area contributed by atoms with Crippen LogP contribution in [0.5, 0.6) is 0 Å². The van der Waals surface area contributed by atoms with Crippen molar-refractivity contribution in [3.63, 3.8) is 0 Å². The fraction of sp³-hybridized carbons (Fsp3) is 0.591. The SMILES string of the molecule is CC(C)=C[C@@H]1[C@@H](C(=O)NCc2ccc(CN3CCCC3)cc2)C1(C)C. The van der Waals surface area contributed by atoms with Crippen molar-refractivity contribution in [2.45, 2.75) is 53.6 Å². The lowest BCUT2D eigenvalue weighted by molar-refractivity contribution is -0.123. The van der Waals surface area contributed by atoms with Crippen molar-refractivity contribution >= 4 is 5.91 Å². The summed E-state index contributed by atoms with van der Waals surface area (Å²) in [7, 11) is 0. The molecule has 3 rings (SSSR count). The number of rotatable bonds is 6. The second-order valence-corrected chi connectivity index (χ2v) is 8.59. The molecule has 1 N–H and O–H groups in total. The van der Waals surface area contributed by atoms with Gasteiger partial charge in [-0.25, -0.2) is 0 Å². The molecule has 3 heteroatoms. The summed E-state index contributed by atoms with van der Waals surface area (Å²) in [4.78, 5) is 15.0. The first kappa shape index (κ1) is 18.2. The molecule has 2 atom stereocenters. The van der Waals surface area contributed by atoms with Crippen LogP contribution in [-0.2, 0) is 17.9 Å². The first-order chi connectivity index (χ1) is 11.9. The Labute approximate surface area is 152 Å². The normalized spacial score (nSPS) is 24.8. The summed E-state index contributed by atoms with van der Waals surface area (Å²) >= 11 is 0. The fourth-order valence-corrected chi connectivity index (χ4v) is 4.11. The van der Waals surface area contributed by atoms with E-state index >= 15 is 0 Å². The largest absolute Gasteiger partial charge is 0.352 e. The molecule has 0 spiro atoms. The highest BCUT2D eigenvalue weighted by molar-refractivity contribution is 5.83. The van der Waals surface area contributed by atoms with Gasteiger partial charge < -0.3 is 5.32 Å². The number of amides is 1. The van der Waals surface area contributed by atoms with Gasteiger partial charge in [0.15, 0.2) is 0 Å². The second-order valence-electron chi connectivity index (χ2n) is 8.59. The number of carbonyl (C=O) groups is 1. The van der Waals surface area contributed by atoms with Gasteiger partial charge in [0, 0.05) is 13.1 Å². The van der Waals surface area contributed by atoms with E-state index in [2.05, 4.69) is 68.3 Å². The zero-order valence-electron chi connectivity index (χ0n) is 16.1. The van der Waals surface area contributed by atoms with Gasteiger partial charge in [0.1, 0.15) is 0 Å². The molecule has 1 aliphatic carbocycles. The third kappa shape index (κ3) is 4.33. The van der Waals surface area contributed by atoms with Gasteiger partial charge in [0.25, 0.3) is 0 Å². The van der Waals surface area contributed by atoms with Crippen LogP contribution in [-0.4, -0.2) is 23.9 Å². The summed E-state index contributed by atoms with van der Waals surface area (Å²) in [6.45, 7) is 12.7. The summed E-state index contributed by atoms with van der Waals surface area (Å²) in [6, 6.07) is 8.70. The number of carbonyl (C=O) groups excluding carboxylic acids is 1. The molecule has 1 heterocycles. The number of benzene rings is 1. The number of likely N-dealkylation sites (tertiary alicyclic amines) is 1. The first-order valence-corrected chi connectivity index (χ1v) is 9.61. The molecular weight excluding hydrogens is 308 g/mol. The Kier molecular flexibility index (Phi) is 5.33. The van der Waals surface area contributed by atoms with Gasteiger partial charge in [-0.15, -0.1) is 0 Å². The van der Waals surface area contributed by atoms with E-state index in [9.17, 15) is 4.79 Å². The van der Waals surface area contributed by atoms with Crippen LogP contribution in [0, 0.1) is 17.3 Å². The zero-order valence-corrected chi connectivity index (χ0v) is 16.1. The third-order valence-electron chi connectivity index (χ3n) is 5.80. The highest BCUT2D eigenvalue weighted by Crippen LogP contribution is 2.59. The average molecular weight is 341 g/mol. The Morgan fingerprint density at radius 1 is 1.16 bits per heavy atom. The minimum Gasteiger partial charge on any atom is -0.352 e. The van der Waals surface area contributed by atoms with Crippen molar-refractivity contribution in [1.29, 1.82) is 0 Å². The smallest absolute Gasteiger partial charge is 0.224 e. The highest BCUT2D eigenvalue weighted by Gasteiger charge is 2.60. The van der Waals surface area contributed by atoms with Gasteiger partial charge in [-0.1, -0.05) is 49.8 Å². The molecule has 136 valence electrons. The molecule has 1 aromatic carbocycles. The molecule has 3 nitrogen and oxygen atoms in total. The van der Waals surface area contributed by atoms with Gasteiger partial charge >= 0.3 is 0 Å². The van der Waals surface area contributed by atoms with Crippen molar-refractivity contribution in [2.24, 2.45) is 17.3 Å². The summed E-state index contributed by atoms with van der Waals surface area (Å²) in [5, 5.41) is 3.13. The summed E-state index contributed by atoms with van der Waals surface area (Å²) in [5.41, 5.74) is 3.92. The van der Waals surface area contributed by atoms with Gasteiger partial charge in [-0.05, 0) is 62.2 Å². The lowest BCUT2D eigenvalue weighted by Crippen LogP contribution is -2.26. The van der Waals surface area contributed by atoms with Gasteiger partial charge in [0.2, 0.25) is 5.91 Å². The van der Waals surface area contributed by atoms with E-state index in [1.165, 1.54) is 42.6 Å². The topological polar surface area (TPSA) is 32.3 Å². The first-order valence-electron chi connectivity index (χ1n) is 9.61. The van der Waals surface area contributed by atoms with E-state index in [0.29, 0.717) is 12.5 Å².